The quantitative estimate of drug-likeness (QED) is 0.771. The molecule has 0 spiro atoms. The number of rotatable bonds is 4. The Hall–Kier alpha value is -1.86. The molecule has 1 atom stereocenters. The minimum Gasteiger partial charge on any atom is -0.373 e. The maximum atomic E-state index is 10.7. The van der Waals surface area contributed by atoms with Crippen molar-refractivity contribution in [1.82, 2.24) is 4.90 Å². The lowest BCUT2D eigenvalue weighted by Crippen LogP contribution is -2.27. The van der Waals surface area contributed by atoms with Gasteiger partial charge in [-0.05, 0) is 44.1 Å². The van der Waals surface area contributed by atoms with Gasteiger partial charge in [0.2, 0.25) is 0 Å². The van der Waals surface area contributed by atoms with E-state index in [1.165, 1.54) is 6.42 Å². The summed E-state index contributed by atoms with van der Waals surface area (Å²) >= 11 is 0. The second kappa shape index (κ2) is 5.85. The SMILES string of the molecule is CN1CCC(CN(C)c2ccc(C=O)cc2C#N)C1. The number of carbonyl (C=O) groups is 1. The van der Waals surface area contributed by atoms with Gasteiger partial charge >= 0.3 is 0 Å². The third kappa shape index (κ3) is 3.12. The van der Waals surface area contributed by atoms with Crippen LogP contribution in [0.4, 0.5) is 5.69 Å². The lowest BCUT2D eigenvalue weighted by molar-refractivity contribution is 0.112. The highest BCUT2D eigenvalue weighted by Crippen LogP contribution is 2.23. The maximum Gasteiger partial charge on any atom is 0.150 e. The van der Waals surface area contributed by atoms with Crippen LogP contribution in [0.25, 0.3) is 0 Å². The molecule has 1 aliphatic rings. The molecule has 4 heteroatoms. The van der Waals surface area contributed by atoms with Crippen molar-refractivity contribution >= 4 is 12.0 Å². The summed E-state index contributed by atoms with van der Waals surface area (Å²) in [7, 11) is 4.15. The zero-order valence-corrected chi connectivity index (χ0v) is 11.5. The number of hydrogen-bond acceptors (Lipinski definition) is 4. The Labute approximate surface area is 114 Å². The highest BCUT2D eigenvalue weighted by atomic mass is 16.1. The van der Waals surface area contributed by atoms with Crippen molar-refractivity contribution in [2.24, 2.45) is 5.92 Å². The van der Waals surface area contributed by atoms with Crippen molar-refractivity contribution < 1.29 is 4.79 Å². The first-order valence-corrected chi connectivity index (χ1v) is 6.53. The Balaban J connectivity index is 2.12. The van der Waals surface area contributed by atoms with Gasteiger partial charge in [0.05, 0.1) is 11.3 Å². The topological polar surface area (TPSA) is 47.3 Å². The summed E-state index contributed by atoms with van der Waals surface area (Å²) in [5.41, 5.74) is 2.02. The first kappa shape index (κ1) is 13.6. The lowest BCUT2D eigenvalue weighted by atomic mass is 10.1. The van der Waals surface area contributed by atoms with Crippen molar-refractivity contribution in [3.63, 3.8) is 0 Å². The number of anilines is 1. The zero-order valence-electron chi connectivity index (χ0n) is 11.5. The van der Waals surface area contributed by atoms with Gasteiger partial charge in [-0.15, -0.1) is 0 Å². The van der Waals surface area contributed by atoms with E-state index in [9.17, 15) is 10.1 Å². The standard InChI is InChI=1S/C15H19N3O/c1-17-6-5-13(9-17)10-18(2)15-4-3-12(11-19)7-14(15)8-16/h3-4,7,11,13H,5-6,9-10H2,1-2H3. The molecule has 0 aromatic heterocycles. The molecule has 0 saturated carbocycles. The number of nitriles is 1. The van der Waals surface area contributed by atoms with Gasteiger partial charge in [0, 0.05) is 25.7 Å². The molecule has 19 heavy (non-hydrogen) atoms. The van der Waals surface area contributed by atoms with E-state index >= 15 is 0 Å². The van der Waals surface area contributed by atoms with Gasteiger partial charge in [-0.3, -0.25) is 4.79 Å². The van der Waals surface area contributed by atoms with E-state index < -0.39 is 0 Å². The van der Waals surface area contributed by atoms with Crippen LogP contribution in [0.1, 0.15) is 22.3 Å². The van der Waals surface area contributed by atoms with Gasteiger partial charge in [0.15, 0.2) is 0 Å². The maximum absolute atomic E-state index is 10.7. The minimum absolute atomic E-state index is 0.550. The number of hydrogen-bond donors (Lipinski definition) is 0. The van der Waals surface area contributed by atoms with Crippen molar-refractivity contribution in [2.45, 2.75) is 6.42 Å². The van der Waals surface area contributed by atoms with Gasteiger partial charge in [-0.1, -0.05) is 0 Å². The molecular formula is C15H19N3O. The van der Waals surface area contributed by atoms with Crippen LogP contribution in [0.5, 0.6) is 0 Å². The Kier molecular flexibility index (Phi) is 4.18. The number of nitrogens with zero attached hydrogens (tertiary/aromatic N) is 3. The Morgan fingerprint density at radius 2 is 2.37 bits per heavy atom. The fraction of sp³-hybridized carbons (Fsp3) is 0.467. The van der Waals surface area contributed by atoms with E-state index in [1.807, 2.05) is 13.1 Å². The van der Waals surface area contributed by atoms with Crippen molar-refractivity contribution in [3.8, 4) is 6.07 Å². The van der Waals surface area contributed by atoms with E-state index in [4.69, 9.17) is 0 Å². The first-order chi connectivity index (χ1) is 9.13. The van der Waals surface area contributed by atoms with E-state index in [1.54, 1.807) is 12.1 Å². The number of aldehydes is 1. The summed E-state index contributed by atoms with van der Waals surface area (Å²) in [6.07, 6.45) is 1.98. The summed E-state index contributed by atoms with van der Waals surface area (Å²) in [6.45, 7) is 3.20. The number of carbonyl (C=O) groups excluding carboxylic acids is 1. The first-order valence-electron chi connectivity index (χ1n) is 6.53. The molecule has 0 aliphatic carbocycles. The summed E-state index contributed by atoms with van der Waals surface area (Å²) in [5, 5.41) is 9.19. The molecule has 1 aromatic carbocycles. The largest absolute Gasteiger partial charge is 0.373 e. The van der Waals surface area contributed by atoms with E-state index in [2.05, 4.69) is 22.9 Å². The molecule has 0 amide bonds. The molecule has 1 aliphatic heterocycles. The van der Waals surface area contributed by atoms with Crippen molar-refractivity contribution in [2.75, 3.05) is 38.6 Å². The molecule has 1 fully saturated rings. The van der Waals surface area contributed by atoms with Crippen LogP contribution in [-0.4, -0.2) is 44.9 Å². The molecule has 0 radical (unpaired) electrons. The number of likely N-dealkylation sites (tertiary alicyclic amines) is 1. The molecule has 100 valence electrons. The molecular weight excluding hydrogens is 238 g/mol. The van der Waals surface area contributed by atoms with Crippen LogP contribution in [0, 0.1) is 17.2 Å². The van der Waals surface area contributed by atoms with Crippen LogP contribution >= 0.6 is 0 Å². The molecule has 1 heterocycles. The monoisotopic (exact) mass is 257 g/mol. The highest BCUT2D eigenvalue weighted by molar-refractivity contribution is 5.78. The predicted octanol–water partition coefficient (Wildman–Crippen LogP) is 1.76. The van der Waals surface area contributed by atoms with Crippen LogP contribution in [0.3, 0.4) is 0 Å². The van der Waals surface area contributed by atoms with E-state index in [0.29, 0.717) is 17.0 Å². The molecule has 0 N–H and O–H groups in total. The summed E-state index contributed by atoms with van der Waals surface area (Å²) in [5.74, 6) is 0.646. The second-order valence-electron chi connectivity index (χ2n) is 5.30. The molecule has 1 aromatic rings. The molecule has 1 saturated heterocycles. The smallest absolute Gasteiger partial charge is 0.150 e. The minimum atomic E-state index is 0.550. The predicted molar refractivity (Wildman–Crippen MR) is 75.4 cm³/mol. The van der Waals surface area contributed by atoms with Crippen LogP contribution in [0.2, 0.25) is 0 Å². The van der Waals surface area contributed by atoms with Gasteiger partial charge in [0.1, 0.15) is 12.4 Å². The van der Waals surface area contributed by atoms with Crippen LogP contribution in [0.15, 0.2) is 18.2 Å². The third-order valence-electron chi connectivity index (χ3n) is 3.71. The lowest BCUT2D eigenvalue weighted by Gasteiger charge is -2.24. The average molecular weight is 257 g/mol. The fourth-order valence-corrected chi connectivity index (χ4v) is 2.71. The highest BCUT2D eigenvalue weighted by Gasteiger charge is 2.21. The van der Waals surface area contributed by atoms with Gasteiger partial charge in [-0.25, -0.2) is 0 Å². The van der Waals surface area contributed by atoms with Crippen molar-refractivity contribution in [1.29, 1.82) is 5.26 Å². The summed E-state index contributed by atoms with van der Waals surface area (Å²) in [4.78, 5) is 15.2. The second-order valence-corrected chi connectivity index (χ2v) is 5.30. The van der Waals surface area contributed by atoms with Gasteiger partial charge < -0.3 is 9.80 Å². The normalized spacial score (nSPS) is 19.1. The van der Waals surface area contributed by atoms with Crippen LogP contribution < -0.4 is 4.90 Å². The van der Waals surface area contributed by atoms with Crippen LogP contribution in [-0.2, 0) is 0 Å². The molecule has 1 unspecified atom stereocenters. The Bertz CT molecular complexity index is 507. The Morgan fingerprint density at radius 3 is 2.95 bits per heavy atom. The van der Waals surface area contributed by atoms with E-state index in [-0.39, 0.29) is 0 Å². The molecule has 4 nitrogen and oxygen atoms in total. The average Bonchev–Trinajstić information content (AvgIpc) is 2.83. The number of benzene rings is 1. The Morgan fingerprint density at radius 1 is 1.58 bits per heavy atom. The van der Waals surface area contributed by atoms with Crippen molar-refractivity contribution in [3.05, 3.63) is 29.3 Å². The zero-order chi connectivity index (χ0) is 13.8. The summed E-state index contributed by atoms with van der Waals surface area (Å²) < 4.78 is 0. The van der Waals surface area contributed by atoms with Gasteiger partial charge in [0.25, 0.3) is 0 Å². The van der Waals surface area contributed by atoms with E-state index in [0.717, 1.165) is 31.6 Å². The fourth-order valence-electron chi connectivity index (χ4n) is 2.71. The third-order valence-corrected chi connectivity index (χ3v) is 3.71. The molecule has 0 bridgehead atoms. The molecule has 2 rings (SSSR count). The van der Waals surface area contributed by atoms with Gasteiger partial charge in [-0.2, -0.15) is 5.26 Å². The summed E-state index contributed by atoms with van der Waals surface area (Å²) in [6, 6.07) is 7.45.